The Morgan fingerprint density at radius 1 is 1.24 bits per heavy atom. The molecule has 0 atom stereocenters. The van der Waals surface area contributed by atoms with E-state index in [0.29, 0.717) is 5.56 Å². The first-order chi connectivity index (χ1) is 8.13. The van der Waals surface area contributed by atoms with E-state index >= 15 is 0 Å². The zero-order valence-corrected chi connectivity index (χ0v) is 9.21. The number of rotatable bonds is 1. The standard InChI is InChI=1S/C13H10N2O2/c1-15-7-6-11(12(8-14)13(15)17)9-2-4-10(16)5-3-9/h2-7,16H,1H3. The molecule has 1 N–H and O–H groups in total. The van der Waals surface area contributed by atoms with E-state index in [4.69, 9.17) is 5.26 Å². The van der Waals surface area contributed by atoms with E-state index in [9.17, 15) is 9.90 Å². The Balaban J connectivity index is 2.69. The molecule has 0 amide bonds. The molecule has 0 unspecified atom stereocenters. The van der Waals surface area contributed by atoms with Gasteiger partial charge in [0.1, 0.15) is 17.4 Å². The van der Waals surface area contributed by atoms with Crippen LogP contribution in [-0.2, 0) is 7.05 Å². The van der Waals surface area contributed by atoms with Crippen LogP contribution in [-0.4, -0.2) is 9.67 Å². The van der Waals surface area contributed by atoms with Crippen LogP contribution in [0.15, 0.2) is 41.3 Å². The van der Waals surface area contributed by atoms with Gasteiger partial charge >= 0.3 is 0 Å². The smallest absolute Gasteiger partial charge is 0.268 e. The number of pyridine rings is 1. The summed E-state index contributed by atoms with van der Waals surface area (Å²) in [6.45, 7) is 0. The number of phenols is 1. The van der Waals surface area contributed by atoms with Gasteiger partial charge in [0.25, 0.3) is 5.56 Å². The molecule has 84 valence electrons. The summed E-state index contributed by atoms with van der Waals surface area (Å²) in [5, 5.41) is 18.2. The van der Waals surface area contributed by atoms with Gasteiger partial charge in [0, 0.05) is 18.8 Å². The summed E-state index contributed by atoms with van der Waals surface area (Å²) in [7, 11) is 1.60. The number of hydrogen-bond donors (Lipinski definition) is 1. The highest BCUT2D eigenvalue weighted by Gasteiger charge is 2.09. The topological polar surface area (TPSA) is 66.0 Å². The number of phenolic OH excluding ortho intramolecular Hbond substituents is 1. The minimum absolute atomic E-state index is 0.112. The van der Waals surface area contributed by atoms with Crippen LogP contribution < -0.4 is 5.56 Å². The number of benzene rings is 1. The fraction of sp³-hybridized carbons (Fsp3) is 0.0769. The maximum absolute atomic E-state index is 11.8. The molecule has 0 bridgehead atoms. The number of nitrogens with zero attached hydrogens (tertiary/aromatic N) is 2. The first-order valence-electron chi connectivity index (χ1n) is 5.02. The van der Waals surface area contributed by atoms with Gasteiger partial charge in [-0.1, -0.05) is 12.1 Å². The Bertz CT molecular complexity index is 649. The molecule has 4 nitrogen and oxygen atoms in total. The van der Waals surface area contributed by atoms with Crippen molar-refractivity contribution in [3.05, 3.63) is 52.4 Å². The van der Waals surface area contributed by atoms with Crippen LogP contribution in [0, 0.1) is 11.3 Å². The molecule has 2 aromatic rings. The number of aromatic nitrogens is 1. The molecule has 0 saturated heterocycles. The molecule has 0 fully saturated rings. The molecule has 1 heterocycles. The lowest BCUT2D eigenvalue weighted by molar-refractivity contribution is 0.475. The maximum atomic E-state index is 11.8. The van der Waals surface area contributed by atoms with Crippen molar-refractivity contribution in [3.63, 3.8) is 0 Å². The third-order valence-electron chi connectivity index (χ3n) is 2.56. The van der Waals surface area contributed by atoms with Gasteiger partial charge in [0.15, 0.2) is 0 Å². The van der Waals surface area contributed by atoms with E-state index in [1.165, 1.54) is 16.7 Å². The highest BCUT2D eigenvalue weighted by Crippen LogP contribution is 2.23. The zero-order chi connectivity index (χ0) is 12.4. The molecular weight excluding hydrogens is 216 g/mol. The van der Waals surface area contributed by atoms with Crippen LogP contribution in [0.3, 0.4) is 0 Å². The van der Waals surface area contributed by atoms with E-state index in [2.05, 4.69) is 0 Å². The van der Waals surface area contributed by atoms with E-state index in [0.717, 1.165) is 5.56 Å². The summed E-state index contributed by atoms with van der Waals surface area (Å²) >= 11 is 0. The molecule has 0 aliphatic carbocycles. The summed E-state index contributed by atoms with van der Waals surface area (Å²) in [5.74, 6) is 0.149. The van der Waals surface area contributed by atoms with Crippen LogP contribution in [0.1, 0.15) is 5.56 Å². The molecule has 0 saturated carbocycles. The molecule has 17 heavy (non-hydrogen) atoms. The van der Waals surface area contributed by atoms with Crippen LogP contribution in [0.25, 0.3) is 11.1 Å². The van der Waals surface area contributed by atoms with Crippen molar-refractivity contribution in [2.45, 2.75) is 0 Å². The van der Waals surface area contributed by atoms with E-state index in [1.54, 1.807) is 31.4 Å². The Morgan fingerprint density at radius 2 is 1.88 bits per heavy atom. The van der Waals surface area contributed by atoms with Gasteiger partial charge in [-0.3, -0.25) is 4.79 Å². The molecule has 0 aliphatic rings. The second kappa shape index (κ2) is 4.14. The predicted molar refractivity (Wildman–Crippen MR) is 63.5 cm³/mol. The lowest BCUT2D eigenvalue weighted by Crippen LogP contribution is -2.19. The third kappa shape index (κ3) is 1.91. The van der Waals surface area contributed by atoms with E-state index < -0.39 is 0 Å². The minimum atomic E-state index is -0.321. The zero-order valence-electron chi connectivity index (χ0n) is 9.21. The molecule has 1 aromatic carbocycles. The van der Waals surface area contributed by atoms with Crippen LogP contribution in [0.5, 0.6) is 5.75 Å². The van der Waals surface area contributed by atoms with Crippen molar-refractivity contribution < 1.29 is 5.11 Å². The molecule has 0 aliphatic heterocycles. The lowest BCUT2D eigenvalue weighted by atomic mass is 10.0. The molecule has 4 heteroatoms. The molecule has 2 rings (SSSR count). The fourth-order valence-corrected chi connectivity index (χ4v) is 1.62. The summed E-state index contributed by atoms with van der Waals surface area (Å²) in [6, 6.07) is 10.0. The van der Waals surface area contributed by atoms with Crippen molar-refractivity contribution in [3.8, 4) is 22.9 Å². The van der Waals surface area contributed by atoms with Crippen molar-refractivity contribution in [1.82, 2.24) is 4.57 Å². The quantitative estimate of drug-likeness (QED) is 0.803. The van der Waals surface area contributed by atoms with Crippen LogP contribution >= 0.6 is 0 Å². The van der Waals surface area contributed by atoms with E-state index in [-0.39, 0.29) is 16.9 Å². The normalized spacial score (nSPS) is 9.88. The number of nitriles is 1. The largest absolute Gasteiger partial charge is 0.508 e. The van der Waals surface area contributed by atoms with Crippen molar-refractivity contribution in [1.29, 1.82) is 5.26 Å². The third-order valence-corrected chi connectivity index (χ3v) is 2.56. The maximum Gasteiger partial charge on any atom is 0.268 e. The molecule has 1 aromatic heterocycles. The van der Waals surface area contributed by atoms with Gasteiger partial charge < -0.3 is 9.67 Å². The minimum Gasteiger partial charge on any atom is -0.508 e. The highest BCUT2D eigenvalue weighted by molar-refractivity contribution is 5.70. The van der Waals surface area contributed by atoms with Crippen LogP contribution in [0.2, 0.25) is 0 Å². The predicted octanol–water partition coefficient (Wildman–Crippen LogP) is 1.63. The molecule has 0 radical (unpaired) electrons. The second-order valence-electron chi connectivity index (χ2n) is 3.68. The number of aryl methyl sites for hydroxylation is 1. The van der Waals surface area contributed by atoms with Crippen molar-refractivity contribution >= 4 is 0 Å². The first-order valence-corrected chi connectivity index (χ1v) is 5.02. The summed E-state index contributed by atoms with van der Waals surface area (Å²) in [5.41, 5.74) is 1.10. The van der Waals surface area contributed by atoms with Crippen molar-refractivity contribution in [2.75, 3.05) is 0 Å². The van der Waals surface area contributed by atoms with Crippen LogP contribution in [0.4, 0.5) is 0 Å². The summed E-state index contributed by atoms with van der Waals surface area (Å²) in [4.78, 5) is 11.8. The van der Waals surface area contributed by atoms with E-state index in [1.807, 2.05) is 6.07 Å². The summed E-state index contributed by atoms with van der Waals surface area (Å²) in [6.07, 6.45) is 1.62. The lowest BCUT2D eigenvalue weighted by Gasteiger charge is -2.05. The molecular formula is C13H10N2O2. The van der Waals surface area contributed by atoms with Crippen molar-refractivity contribution in [2.24, 2.45) is 7.05 Å². The molecule has 0 spiro atoms. The number of hydrogen-bond acceptors (Lipinski definition) is 3. The van der Waals surface area contributed by atoms with Gasteiger partial charge in [0.2, 0.25) is 0 Å². The highest BCUT2D eigenvalue weighted by atomic mass is 16.3. The average molecular weight is 226 g/mol. The number of aromatic hydroxyl groups is 1. The Morgan fingerprint density at radius 3 is 2.47 bits per heavy atom. The SMILES string of the molecule is Cn1ccc(-c2ccc(O)cc2)c(C#N)c1=O. The second-order valence-corrected chi connectivity index (χ2v) is 3.68. The Kier molecular flexibility index (Phi) is 2.67. The monoisotopic (exact) mass is 226 g/mol. The Hall–Kier alpha value is -2.54. The van der Waals surface area contributed by atoms with Gasteiger partial charge in [-0.25, -0.2) is 0 Å². The summed E-state index contributed by atoms with van der Waals surface area (Å²) < 4.78 is 1.36. The van der Waals surface area contributed by atoms with Gasteiger partial charge in [-0.05, 0) is 23.8 Å². The van der Waals surface area contributed by atoms with Gasteiger partial charge in [-0.15, -0.1) is 0 Å². The Labute approximate surface area is 98.0 Å². The first kappa shape index (κ1) is 11.0. The fourth-order valence-electron chi connectivity index (χ4n) is 1.62. The van der Waals surface area contributed by atoms with Gasteiger partial charge in [0.05, 0.1) is 0 Å². The average Bonchev–Trinajstić information content (AvgIpc) is 2.34. The van der Waals surface area contributed by atoms with Gasteiger partial charge in [-0.2, -0.15) is 5.26 Å².